The molecule has 0 aliphatic heterocycles. The van der Waals surface area contributed by atoms with Crippen molar-refractivity contribution in [1.29, 1.82) is 5.41 Å². The fourth-order valence-corrected chi connectivity index (χ4v) is 1.27. The molecule has 1 rings (SSSR count). The number of rotatable bonds is 4. The van der Waals surface area contributed by atoms with Gasteiger partial charge in [-0.2, -0.15) is 0 Å². The number of aliphatic carboxylic acids is 1. The van der Waals surface area contributed by atoms with Gasteiger partial charge in [0.2, 0.25) is 0 Å². The molecule has 0 aliphatic rings. The predicted molar refractivity (Wildman–Crippen MR) is 59.4 cm³/mol. The van der Waals surface area contributed by atoms with Gasteiger partial charge in [0.05, 0.1) is 5.92 Å². The second kappa shape index (κ2) is 4.73. The molecule has 2 N–H and O–H groups in total. The Balaban J connectivity index is 2.69. The topological polar surface area (TPSA) is 61.2 Å². The Kier molecular flexibility index (Phi) is 3.61. The first-order valence-corrected chi connectivity index (χ1v) is 4.88. The van der Waals surface area contributed by atoms with E-state index in [0.717, 1.165) is 11.1 Å². The Bertz CT molecular complexity index is 368. The molecule has 0 spiro atoms. The Morgan fingerprint density at radius 3 is 2.40 bits per heavy atom. The summed E-state index contributed by atoms with van der Waals surface area (Å²) >= 11 is 0. The van der Waals surface area contributed by atoms with E-state index in [1.807, 2.05) is 31.2 Å². The first-order chi connectivity index (χ1) is 7.00. The van der Waals surface area contributed by atoms with Gasteiger partial charge in [-0.3, -0.25) is 4.79 Å². The number of hydrogen-bond donors (Lipinski definition) is 2. The Hall–Kier alpha value is -1.64. The van der Waals surface area contributed by atoms with Crippen LogP contribution in [0.4, 0.5) is 0 Å². The molecular formula is C12H15NO2. The van der Waals surface area contributed by atoms with Crippen molar-refractivity contribution in [2.45, 2.75) is 20.3 Å². The molecule has 1 atom stereocenters. The molecule has 0 aromatic heterocycles. The third-order valence-electron chi connectivity index (χ3n) is 2.33. The van der Waals surface area contributed by atoms with Crippen LogP contribution in [0.5, 0.6) is 0 Å². The molecule has 80 valence electrons. The van der Waals surface area contributed by atoms with Crippen LogP contribution in [0.3, 0.4) is 0 Å². The lowest BCUT2D eigenvalue weighted by atomic mass is 9.98. The Morgan fingerprint density at radius 2 is 1.93 bits per heavy atom. The summed E-state index contributed by atoms with van der Waals surface area (Å²) in [5, 5.41) is 16.5. The van der Waals surface area contributed by atoms with Gasteiger partial charge in [-0.15, -0.1) is 0 Å². The van der Waals surface area contributed by atoms with Crippen LogP contribution in [-0.2, 0) is 4.79 Å². The van der Waals surface area contributed by atoms with Crippen LogP contribution in [0.1, 0.15) is 24.5 Å². The standard InChI is InChI=1S/C12H15NO2/c1-8-3-5-10(6-4-8)11(13)7-9(2)12(14)15/h3-6,9,13H,7H2,1-2H3,(H,14,15). The van der Waals surface area contributed by atoms with Crippen LogP contribution in [-0.4, -0.2) is 16.8 Å². The number of nitrogens with one attached hydrogen (secondary N) is 1. The van der Waals surface area contributed by atoms with Crippen molar-refractivity contribution in [3.05, 3.63) is 35.4 Å². The van der Waals surface area contributed by atoms with E-state index in [2.05, 4.69) is 0 Å². The van der Waals surface area contributed by atoms with Crippen molar-refractivity contribution in [2.24, 2.45) is 5.92 Å². The lowest BCUT2D eigenvalue weighted by Crippen LogP contribution is -2.14. The fraction of sp³-hybridized carbons (Fsp3) is 0.333. The second-order valence-corrected chi connectivity index (χ2v) is 3.79. The smallest absolute Gasteiger partial charge is 0.306 e. The molecule has 0 radical (unpaired) electrons. The van der Waals surface area contributed by atoms with E-state index in [4.69, 9.17) is 10.5 Å². The van der Waals surface area contributed by atoms with Crippen molar-refractivity contribution in [3.63, 3.8) is 0 Å². The highest BCUT2D eigenvalue weighted by Gasteiger charge is 2.14. The van der Waals surface area contributed by atoms with Crippen molar-refractivity contribution >= 4 is 11.7 Å². The highest BCUT2D eigenvalue weighted by Crippen LogP contribution is 2.11. The van der Waals surface area contributed by atoms with E-state index in [0.29, 0.717) is 5.71 Å². The summed E-state index contributed by atoms with van der Waals surface area (Å²) < 4.78 is 0. The molecule has 3 nitrogen and oxygen atoms in total. The summed E-state index contributed by atoms with van der Waals surface area (Å²) in [6, 6.07) is 7.56. The third kappa shape index (κ3) is 3.20. The van der Waals surface area contributed by atoms with E-state index >= 15 is 0 Å². The zero-order chi connectivity index (χ0) is 11.4. The van der Waals surface area contributed by atoms with E-state index in [9.17, 15) is 4.79 Å². The van der Waals surface area contributed by atoms with E-state index < -0.39 is 11.9 Å². The van der Waals surface area contributed by atoms with Crippen molar-refractivity contribution in [3.8, 4) is 0 Å². The summed E-state index contributed by atoms with van der Waals surface area (Å²) in [6.07, 6.45) is 0.276. The maximum absolute atomic E-state index is 10.6. The zero-order valence-corrected chi connectivity index (χ0v) is 8.95. The molecule has 1 aromatic carbocycles. The first kappa shape index (κ1) is 11.4. The Morgan fingerprint density at radius 1 is 1.40 bits per heavy atom. The quantitative estimate of drug-likeness (QED) is 0.742. The van der Waals surface area contributed by atoms with Gasteiger partial charge >= 0.3 is 5.97 Å². The molecule has 1 unspecified atom stereocenters. The summed E-state index contributed by atoms with van der Waals surface area (Å²) in [5.74, 6) is -1.36. The first-order valence-electron chi connectivity index (χ1n) is 4.88. The van der Waals surface area contributed by atoms with Gasteiger partial charge in [-0.05, 0) is 12.5 Å². The van der Waals surface area contributed by atoms with Gasteiger partial charge in [-0.1, -0.05) is 36.8 Å². The largest absolute Gasteiger partial charge is 0.481 e. The van der Waals surface area contributed by atoms with E-state index in [1.165, 1.54) is 0 Å². The molecule has 0 bridgehead atoms. The SMILES string of the molecule is Cc1ccc(C(=N)CC(C)C(=O)O)cc1. The van der Waals surface area contributed by atoms with E-state index in [-0.39, 0.29) is 6.42 Å². The van der Waals surface area contributed by atoms with Crippen LogP contribution in [0, 0.1) is 18.3 Å². The minimum absolute atomic E-state index is 0.276. The molecule has 0 amide bonds. The molecule has 1 aromatic rings. The van der Waals surface area contributed by atoms with Gasteiger partial charge in [-0.25, -0.2) is 0 Å². The summed E-state index contributed by atoms with van der Waals surface area (Å²) in [7, 11) is 0. The van der Waals surface area contributed by atoms with Crippen LogP contribution >= 0.6 is 0 Å². The van der Waals surface area contributed by atoms with Gasteiger partial charge < -0.3 is 10.5 Å². The molecule has 3 heteroatoms. The second-order valence-electron chi connectivity index (χ2n) is 3.79. The summed E-state index contributed by atoms with van der Waals surface area (Å²) in [6.45, 7) is 3.60. The molecule has 0 fully saturated rings. The fourth-order valence-electron chi connectivity index (χ4n) is 1.27. The van der Waals surface area contributed by atoms with Crippen molar-refractivity contribution < 1.29 is 9.90 Å². The molecule has 0 aliphatic carbocycles. The number of benzene rings is 1. The highest BCUT2D eigenvalue weighted by molar-refractivity contribution is 5.99. The number of carbonyl (C=O) groups is 1. The average molecular weight is 205 g/mol. The van der Waals surface area contributed by atoms with Gasteiger partial charge in [0.25, 0.3) is 0 Å². The highest BCUT2D eigenvalue weighted by atomic mass is 16.4. The lowest BCUT2D eigenvalue weighted by Gasteiger charge is -2.07. The molecule has 0 heterocycles. The minimum Gasteiger partial charge on any atom is -0.481 e. The van der Waals surface area contributed by atoms with Gasteiger partial charge in [0.15, 0.2) is 0 Å². The number of aryl methyl sites for hydroxylation is 1. The normalized spacial score (nSPS) is 12.1. The number of hydrogen-bond acceptors (Lipinski definition) is 2. The van der Waals surface area contributed by atoms with Crippen molar-refractivity contribution in [2.75, 3.05) is 0 Å². The molecule has 15 heavy (non-hydrogen) atoms. The Labute approximate surface area is 89.3 Å². The van der Waals surface area contributed by atoms with Gasteiger partial charge in [0.1, 0.15) is 0 Å². The molecule has 0 saturated heterocycles. The number of carboxylic acid groups (broad SMARTS) is 1. The van der Waals surface area contributed by atoms with Gasteiger partial charge in [0, 0.05) is 12.1 Å². The molecule has 0 saturated carbocycles. The van der Waals surface area contributed by atoms with Crippen LogP contribution in [0.15, 0.2) is 24.3 Å². The van der Waals surface area contributed by atoms with Crippen LogP contribution < -0.4 is 0 Å². The predicted octanol–water partition coefficient (Wildman–Crippen LogP) is 2.47. The zero-order valence-electron chi connectivity index (χ0n) is 8.95. The van der Waals surface area contributed by atoms with E-state index in [1.54, 1.807) is 6.92 Å². The lowest BCUT2D eigenvalue weighted by molar-refractivity contribution is -0.140. The van der Waals surface area contributed by atoms with Crippen LogP contribution in [0.25, 0.3) is 0 Å². The summed E-state index contributed by atoms with van der Waals surface area (Å²) in [5.41, 5.74) is 2.32. The molecular weight excluding hydrogens is 190 g/mol. The van der Waals surface area contributed by atoms with Crippen molar-refractivity contribution in [1.82, 2.24) is 0 Å². The maximum atomic E-state index is 10.6. The number of carboxylic acids is 1. The summed E-state index contributed by atoms with van der Waals surface area (Å²) in [4.78, 5) is 10.6. The monoisotopic (exact) mass is 205 g/mol. The minimum atomic E-state index is -0.855. The van der Waals surface area contributed by atoms with Crippen LogP contribution in [0.2, 0.25) is 0 Å². The maximum Gasteiger partial charge on any atom is 0.306 e. The third-order valence-corrected chi connectivity index (χ3v) is 2.33. The average Bonchev–Trinajstić information content (AvgIpc) is 2.18.